The summed E-state index contributed by atoms with van der Waals surface area (Å²) in [6.07, 6.45) is -6.00. The summed E-state index contributed by atoms with van der Waals surface area (Å²) < 4.78 is 197. The first-order chi connectivity index (χ1) is 12.4. The summed E-state index contributed by atoms with van der Waals surface area (Å²) in [5.41, 5.74) is 0. The zero-order chi connectivity index (χ0) is 24.5. The lowest BCUT2D eigenvalue weighted by atomic mass is 9.91. The summed E-state index contributed by atoms with van der Waals surface area (Å²) >= 11 is 0. The van der Waals surface area contributed by atoms with E-state index in [4.69, 9.17) is 4.55 Å². The van der Waals surface area contributed by atoms with Crippen LogP contribution in [-0.2, 0) is 10.1 Å². The molecule has 0 saturated heterocycles. The summed E-state index contributed by atoms with van der Waals surface area (Å²) in [6.45, 7) is 0.339. The fraction of sp³-hybridized carbons (Fsp3) is 1.00. The Bertz CT molecular complexity index is 650. The van der Waals surface area contributed by atoms with Gasteiger partial charge in [-0.05, 0) is 20.5 Å². The molecule has 29 heavy (non-hydrogen) atoms. The minimum atomic E-state index is -8.19. The van der Waals surface area contributed by atoms with Gasteiger partial charge in [0.15, 0.2) is 6.17 Å². The Balaban J connectivity index is 0. The third kappa shape index (κ3) is 4.52. The summed E-state index contributed by atoms with van der Waals surface area (Å²) in [6, 6.07) is 0. The van der Waals surface area contributed by atoms with Crippen molar-refractivity contribution in [2.45, 2.75) is 54.4 Å². The van der Waals surface area contributed by atoms with Crippen molar-refractivity contribution in [3.8, 4) is 0 Å². The van der Waals surface area contributed by atoms with Gasteiger partial charge in [-0.1, -0.05) is 6.92 Å². The first kappa shape index (κ1) is 30.2. The molecule has 178 valence electrons. The molecule has 0 rings (SSSR count). The molecule has 0 spiro atoms. The SMILES string of the molecule is CCC(F)C(F)(F)C(F)(F)C(F)(F)C(F)(F)C(F)(F)C(F)(F)S(=O)(=O)O.CNC. The minimum absolute atomic E-state index is 0.339. The van der Waals surface area contributed by atoms with Crippen molar-refractivity contribution in [2.75, 3.05) is 14.1 Å². The van der Waals surface area contributed by atoms with Crippen LogP contribution in [0.3, 0.4) is 0 Å². The number of alkyl halides is 13. The maximum Gasteiger partial charge on any atom is 0.438 e. The first-order valence-electron chi connectivity index (χ1n) is 6.86. The van der Waals surface area contributed by atoms with E-state index in [1.165, 1.54) is 0 Å². The second-order valence-electron chi connectivity index (χ2n) is 5.29. The number of hydrogen-bond donors (Lipinski definition) is 2. The summed E-state index contributed by atoms with van der Waals surface area (Å²) in [5, 5.41) is -4.75. The third-order valence-corrected chi connectivity index (χ3v) is 3.95. The predicted molar refractivity (Wildman–Crippen MR) is 71.4 cm³/mol. The van der Waals surface area contributed by atoms with Crippen LogP contribution in [0, 0.1) is 0 Å². The van der Waals surface area contributed by atoms with E-state index in [2.05, 4.69) is 5.32 Å². The van der Waals surface area contributed by atoms with Gasteiger partial charge in [0.05, 0.1) is 0 Å². The molecule has 0 aromatic rings. The standard InChI is InChI=1S/C9H7F13O3S.C2H7N/c1-2-3(10)4(11,12)5(13,14)6(15,16)7(17,18)8(19,20)9(21,22)26(23,24)25;1-3-2/h3H,2H2,1H3,(H,23,24,25);3H,1-2H3. The highest BCUT2D eigenvalue weighted by Crippen LogP contribution is 2.61. The van der Waals surface area contributed by atoms with Gasteiger partial charge in [0, 0.05) is 0 Å². The van der Waals surface area contributed by atoms with E-state index in [1.807, 2.05) is 14.1 Å². The second-order valence-corrected chi connectivity index (χ2v) is 6.75. The highest BCUT2D eigenvalue weighted by Gasteiger charge is 2.92. The lowest BCUT2D eigenvalue weighted by Crippen LogP contribution is -2.72. The van der Waals surface area contributed by atoms with E-state index in [0.717, 1.165) is 0 Å². The molecule has 0 aliphatic heterocycles. The van der Waals surface area contributed by atoms with Crippen LogP contribution in [0.2, 0.25) is 0 Å². The maximum atomic E-state index is 13.1. The summed E-state index contributed by atoms with van der Waals surface area (Å²) in [7, 11) is -3.86. The van der Waals surface area contributed by atoms with Crippen molar-refractivity contribution < 1.29 is 70.0 Å². The molecule has 0 aliphatic carbocycles. The second kappa shape index (κ2) is 8.60. The fourth-order valence-corrected chi connectivity index (χ4v) is 1.85. The molecule has 2 N–H and O–H groups in total. The molecule has 0 fully saturated rings. The Morgan fingerprint density at radius 2 is 1.03 bits per heavy atom. The van der Waals surface area contributed by atoms with Crippen molar-refractivity contribution in [3.05, 3.63) is 0 Å². The largest absolute Gasteiger partial charge is 0.438 e. The van der Waals surface area contributed by atoms with Crippen LogP contribution in [-0.4, -0.2) is 68.1 Å². The smallest absolute Gasteiger partial charge is 0.323 e. The average Bonchev–Trinajstić information content (AvgIpc) is 2.52. The molecule has 0 bridgehead atoms. The van der Waals surface area contributed by atoms with Crippen molar-refractivity contribution in [2.24, 2.45) is 0 Å². The van der Waals surface area contributed by atoms with E-state index in [0.29, 0.717) is 6.92 Å². The van der Waals surface area contributed by atoms with Crippen LogP contribution in [0.25, 0.3) is 0 Å². The lowest BCUT2D eigenvalue weighted by molar-refractivity contribution is -0.421. The Kier molecular flexibility index (Phi) is 8.94. The van der Waals surface area contributed by atoms with E-state index >= 15 is 0 Å². The molecule has 4 nitrogen and oxygen atoms in total. The van der Waals surface area contributed by atoms with Crippen LogP contribution in [0.4, 0.5) is 57.1 Å². The van der Waals surface area contributed by atoms with Crippen molar-refractivity contribution in [1.82, 2.24) is 5.32 Å². The maximum absolute atomic E-state index is 13.1. The number of halogens is 13. The van der Waals surface area contributed by atoms with E-state index < -0.39 is 57.6 Å². The molecular formula is C11H14F13NO3S. The van der Waals surface area contributed by atoms with Gasteiger partial charge >= 0.3 is 45.0 Å². The first-order valence-corrected chi connectivity index (χ1v) is 8.30. The molecule has 0 saturated carbocycles. The molecule has 0 heterocycles. The Labute approximate surface area is 155 Å². The van der Waals surface area contributed by atoms with E-state index in [1.54, 1.807) is 0 Å². The molecule has 0 radical (unpaired) electrons. The normalized spacial score (nSPS) is 16.2. The van der Waals surface area contributed by atoms with Crippen molar-refractivity contribution in [3.63, 3.8) is 0 Å². The van der Waals surface area contributed by atoms with E-state index in [9.17, 15) is 65.5 Å². The Morgan fingerprint density at radius 1 is 0.759 bits per heavy atom. The fourth-order valence-electron chi connectivity index (χ4n) is 1.40. The molecule has 0 amide bonds. The van der Waals surface area contributed by atoms with Crippen molar-refractivity contribution >= 4 is 10.1 Å². The highest BCUT2D eigenvalue weighted by molar-refractivity contribution is 7.87. The molecule has 1 unspecified atom stereocenters. The lowest BCUT2D eigenvalue weighted by Gasteiger charge is -2.41. The zero-order valence-corrected chi connectivity index (χ0v) is 15.2. The van der Waals surface area contributed by atoms with Gasteiger partial charge in [-0.2, -0.15) is 61.1 Å². The summed E-state index contributed by atoms with van der Waals surface area (Å²) in [5.74, 6) is -38.7. The van der Waals surface area contributed by atoms with Crippen LogP contribution in [0.1, 0.15) is 13.3 Å². The molecular weight excluding hydrogens is 473 g/mol. The summed E-state index contributed by atoms with van der Waals surface area (Å²) in [4.78, 5) is 0. The van der Waals surface area contributed by atoms with Crippen LogP contribution in [0.15, 0.2) is 0 Å². The molecule has 0 aromatic carbocycles. The van der Waals surface area contributed by atoms with Crippen LogP contribution >= 0.6 is 0 Å². The Hall–Kier alpha value is -1.04. The zero-order valence-electron chi connectivity index (χ0n) is 14.4. The van der Waals surface area contributed by atoms with Crippen LogP contribution < -0.4 is 5.32 Å². The van der Waals surface area contributed by atoms with E-state index in [-0.39, 0.29) is 0 Å². The van der Waals surface area contributed by atoms with Gasteiger partial charge in [-0.15, -0.1) is 0 Å². The van der Waals surface area contributed by atoms with Gasteiger partial charge in [-0.3, -0.25) is 4.55 Å². The van der Waals surface area contributed by atoms with Gasteiger partial charge in [0.2, 0.25) is 0 Å². The van der Waals surface area contributed by atoms with Gasteiger partial charge in [0.25, 0.3) is 0 Å². The average molecular weight is 487 g/mol. The monoisotopic (exact) mass is 487 g/mol. The highest BCUT2D eigenvalue weighted by atomic mass is 32.2. The van der Waals surface area contributed by atoms with Crippen molar-refractivity contribution in [1.29, 1.82) is 0 Å². The molecule has 1 atom stereocenters. The topological polar surface area (TPSA) is 66.4 Å². The number of nitrogens with one attached hydrogen (secondary N) is 1. The molecule has 0 aromatic heterocycles. The van der Waals surface area contributed by atoms with Gasteiger partial charge in [-0.25, -0.2) is 4.39 Å². The Morgan fingerprint density at radius 3 is 1.28 bits per heavy atom. The van der Waals surface area contributed by atoms with Gasteiger partial charge < -0.3 is 5.32 Å². The molecule has 18 heteroatoms. The van der Waals surface area contributed by atoms with Crippen LogP contribution in [0.5, 0.6) is 0 Å². The minimum Gasteiger partial charge on any atom is -0.323 e. The number of rotatable bonds is 8. The quantitative estimate of drug-likeness (QED) is 0.398. The number of hydrogen-bond acceptors (Lipinski definition) is 3. The third-order valence-electron chi connectivity index (χ3n) is 3.04. The van der Waals surface area contributed by atoms with Gasteiger partial charge in [0.1, 0.15) is 0 Å². The predicted octanol–water partition coefficient (Wildman–Crippen LogP) is 4.23. The molecule has 0 aliphatic rings.